The van der Waals surface area contributed by atoms with Gasteiger partial charge in [-0.2, -0.15) is 5.10 Å². The third-order valence-electron chi connectivity index (χ3n) is 5.26. The number of nitrogens with zero attached hydrogens (tertiary/aromatic N) is 2. The second-order valence-corrected chi connectivity index (χ2v) is 7.80. The summed E-state index contributed by atoms with van der Waals surface area (Å²) in [5.41, 5.74) is 10.6. The van der Waals surface area contributed by atoms with Gasteiger partial charge in [0.05, 0.1) is 6.21 Å². The molecule has 1 N–H and O–H groups in total. The number of carbonyl (C=O) groups excluding carboxylic acids is 1. The first kappa shape index (κ1) is 19.2. The summed E-state index contributed by atoms with van der Waals surface area (Å²) in [5.74, 6) is -0.291. The molecule has 0 aromatic heterocycles. The first-order chi connectivity index (χ1) is 14.0. The topological polar surface area (TPSA) is 44.7 Å². The Labute approximate surface area is 175 Å². The molecule has 29 heavy (non-hydrogen) atoms. The van der Waals surface area contributed by atoms with Crippen LogP contribution in [0.1, 0.15) is 38.2 Å². The number of nitrogens with one attached hydrogen (secondary N) is 1. The molecule has 0 unspecified atom stereocenters. The smallest absolute Gasteiger partial charge is 0.271 e. The summed E-state index contributed by atoms with van der Waals surface area (Å²) in [6.07, 6.45) is 1.64. The van der Waals surface area contributed by atoms with Crippen molar-refractivity contribution in [2.75, 3.05) is 4.90 Å². The molecule has 0 saturated carbocycles. The molecule has 5 heteroatoms. The Kier molecular flexibility index (Phi) is 5.36. The predicted octanol–water partition coefficient (Wildman–Crippen LogP) is 5.24. The Balaban J connectivity index is 1.38. The molecule has 3 aromatic carbocycles. The van der Waals surface area contributed by atoms with Crippen molar-refractivity contribution in [1.82, 2.24) is 5.43 Å². The molecule has 4 nitrogen and oxygen atoms in total. The Morgan fingerprint density at radius 2 is 1.66 bits per heavy atom. The molecule has 0 saturated heterocycles. The molecule has 0 spiro atoms. The third kappa shape index (κ3) is 4.33. The van der Waals surface area contributed by atoms with Gasteiger partial charge in [0, 0.05) is 29.4 Å². The fraction of sp³-hybridized carbons (Fsp3) is 0.167. The van der Waals surface area contributed by atoms with Crippen LogP contribution in [-0.2, 0) is 13.1 Å². The summed E-state index contributed by atoms with van der Waals surface area (Å²) in [6, 6.07) is 19.6. The minimum atomic E-state index is -0.291. The van der Waals surface area contributed by atoms with Gasteiger partial charge in [-0.05, 0) is 72.0 Å². The van der Waals surface area contributed by atoms with Crippen molar-refractivity contribution in [1.29, 1.82) is 0 Å². The van der Waals surface area contributed by atoms with Crippen LogP contribution in [-0.4, -0.2) is 12.1 Å². The molecule has 4 rings (SSSR count). The van der Waals surface area contributed by atoms with Crippen LogP contribution >= 0.6 is 11.6 Å². The van der Waals surface area contributed by atoms with Crippen LogP contribution in [0.5, 0.6) is 0 Å². The Bertz CT molecular complexity index is 1060. The summed E-state index contributed by atoms with van der Waals surface area (Å²) >= 11 is 5.91. The summed E-state index contributed by atoms with van der Waals surface area (Å²) < 4.78 is 0. The lowest BCUT2D eigenvalue weighted by Gasteiger charge is -2.17. The van der Waals surface area contributed by atoms with Gasteiger partial charge in [-0.15, -0.1) is 0 Å². The van der Waals surface area contributed by atoms with Gasteiger partial charge < -0.3 is 4.90 Å². The minimum Gasteiger partial charge on any atom is -0.363 e. The highest BCUT2D eigenvalue weighted by atomic mass is 35.5. The summed E-state index contributed by atoms with van der Waals surface area (Å²) in [6.45, 7) is 6.19. The lowest BCUT2D eigenvalue weighted by Crippen LogP contribution is -2.17. The molecule has 0 radical (unpaired) electrons. The van der Waals surface area contributed by atoms with Gasteiger partial charge in [0.2, 0.25) is 0 Å². The number of anilines is 1. The maximum atomic E-state index is 12.1. The predicted molar refractivity (Wildman–Crippen MR) is 119 cm³/mol. The quantitative estimate of drug-likeness (QED) is 0.478. The number of hydrogen-bond donors (Lipinski definition) is 1. The molecule has 1 aliphatic heterocycles. The summed E-state index contributed by atoms with van der Waals surface area (Å²) in [5, 5.41) is 4.57. The highest BCUT2D eigenvalue weighted by Gasteiger charge is 2.19. The van der Waals surface area contributed by atoms with Crippen molar-refractivity contribution < 1.29 is 4.79 Å². The number of fused-ring (bicyclic) bond motifs is 1. The molecule has 0 bridgehead atoms. The zero-order valence-electron chi connectivity index (χ0n) is 16.4. The van der Waals surface area contributed by atoms with E-state index in [0.717, 1.165) is 18.7 Å². The molecule has 1 amide bonds. The van der Waals surface area contributed by atoms with Gasteiger partial charge in [-0.25, -0.2) is 5.43 Å². The van der Waals surface area contributed by atoms with Crippen LogP contribution in [0.2, 0.25) is 5.02 Å². The van der Waals surface area contributed by atoms with Gasteiger partial charge in [-0.3, -0.25) is 4.79 Å². The number of amides is 1. The lowest BCUT2D eigenvalue weighted by molar-refractivity contribution is 0.0955. The maximum Gasteiger partial charge on any atom is 0.271 e. The highest BCUT2D eigenvalue weighted by molar-refractivity contribution is 6.30. The molecular formula is C24H22ClN3O. The Morgan fingerprint density at radius 1 is 1.00 bits per heavy atom. The Hall–Kier alpha value is -3.11. The van der Waals surface area contributed by atoms with Crippen molar-refractivity contribution in [3.05, 3.63) is 99.1 Å². The van der Waals surface area contributed by atoms with E-state index in [4.69, 9.17) is 11.6 Å². The van der Waals surface area contributed by atoms with Crippen molar-refractivity contribution >= 4 is 29.4 Å². The fourth-order valence-corrected chi connectivity index (χ4v) is 3.70. The van der Waals surface area contributed by atoms with Crippen LogP contribution in [0, 0.1) is 13.8 Å². The van der Waals surface area contributed by atoms with Gasteiger partial charge in [0.15, 0.2) is 0 Å². The summed E-state index contributed by atoms with van der Waals surface area (Å²) in [4.78, 5) is 14.4. The maximum absolute atomic E-state index is 12.1. The molecule has 0 fully saturated rings. The minimum absolute atomic E-state index is 0.291. The Morgan fingerprint density at radius 3 is 2.28 bits per heavy atom. The number of carbonyl (C=O) groups is 1. The van der Waals surface area contributed by atoms with Crippen LogP contribution in [0.4, 0.5) is 5.69 Å². The van der Waals surface area contributed by atoms with E-state index in [-0.39, 0.29) is 5.91 Å². The lowest BCUT2D eigenvalue weighted by atomic mass is 10.0. The van der Waals surface area contributed by atoms with Crippen molar-refractivity contribution in [3.63, 3.8) is 0 Å². The highest BCUT2D eigenvalue weighted by Crippen LogP contribution is 2.30. The van der Waals surface area contributed by atoms with E-state index in [0.29, 0.717) is 10.6 Å². The van der Waals surface area contributed by atoms with E-state index in [1.807, 2.05) is 12.1 Å². The average molecular weight is 404 g/mol. The number of hydrazone groups is 1. The van der Waals surface area contributed by atoms with Crippen molar-refractivity contribution in [2.24, 2.45) is 5.10 Å². The monoisotopic (exact) mass is 403 g/mol. The van der Waals surface area contributed by atoms with Crippen LogP contribution in [0.3, 0.4) is 0 Å². The van der Waals surface area contributed by atoms with Crippen LogP contribution in [0.25, 0.3) is 0 Å². The van der Waals surface area contributed by atoms with Crippen molar-refractivity contribution in [3.8, 4) is 0 Å². The van der Waals surface area contributed by atoms with Gasteiger partial charge in [-0.1, -0.05) is 41.9 Å². The fourth-order valence-electron chi connectivity index (χ4n) is 3.51. The molecule has 146 valence electrons. The molecule has 0 atom stereocenters. The zero-order valence-corrected chi connectivity index (χ0v) is 17.2. The molecular weight excluding hydrogens is 382 g/mol. The molecule has 1 aliphatic rings. The number of rotatable bonds is 4. The second-order valence-electron chi connectivity index (χ2n) is 7.36. The molecule has 0 aliphatic carbocycles. The SMILES string of the molecule is Cc1cc2c(cc1C)CN(c1ccc(C=NNC(=O)c3cccc(Cl)c3)cc1)C2. The second kappa shape index (κ2) is 8.10. The van der Waals surface area contributed by atoms with Crippen LogP contribution < -0.4 is 10.3 Å². The van der Waals surface area contributed by atoms with E-state index >= 15 is 0 Å². The summed E-state index contributed by atoms with van der Waals surface area (Å²) in [7, 11) is 0. The number of hydrogen-bond acceptors (Lipinski definition) is 3. The molecule has 3 aromatic rings. The number of benzene rings is 3. The van der Waals surface area contributed by atoms with E-state index in [1.165, 1.54) is 27.9 Å². The number of halogens is 1. The zero-order chi connectivity index (χ0) is 20.4. The van der Waals surface area contributed by atoms with E-state index in [1.54, 1.807) is 30.5 Å². The van der Waals surface area contributed by atoms with Gasteiger partial charge >= 0.3 is 0 Å². The van der Waals surface area contributed by atoms with E-state index < -0.39 is 0 Å². The van der Waals surface area contributed by atoms with E-state index in [9.17, 15) is 4.79 Å². The van der Waals surface area contributed by atoms with Crippen molar-refractivity contribution in [2.45, 2.75) is 26.9 Å². The van der Waals surface area contributed by atoms with Crippen LogP contribution in [0.15, 0.2) is 65.8 Å². The van der Waals surface area contributed by atoms with Gasteiger partial charge in [0.25, 0.3) is 5.91 Å². The largest absolute Gasteiger partial charge is 0.363 e. The standard InChI is InChI=1S/C24H22ClN3O/c1-16-10-20-14-28(15-21(20)11-17(16)2)23-8-6-18(7-9-23)13-26-27-24(29)19-4-3-5-22(25)12-19/h3-13H,14-15H2,1-2H3,(H,27,29). The third-order valence-corrected chi connectivity index (χ3v) is 5.50. The van der Waals surface area contributed by atoms with Gasteiger partial charge in [0.1, 0.15) is 0 Å². The number of aryl methyl sites for hydroxylation is 2. The average Bonchev–Trinajstić information content (AvgIpc) is 3.11. The molecule has 1 heterocycles. The first-order valence-corrected chi connectivity index (χ1v) is 9.90. The first-order valence-electron chi connectivity index (χ1n) is 9.52. The van der Waals surface area contributed by atoms with E-state index in [2.05, 4.69) is 53.5 Å². The normalized spacial score (nSPS) is 13.0.